The molecule has 0 aliphatic rings. The Morgan fingerprint density at radius 1 is 1.00 bits per heavy atom. The zero-order chi connectivity index (χ0) is 15.8. The summed E-state index contributed by atoms with van der Waals surface area (Å²) in [6.45, 7) is 3.79. The first-order chi connectivity index (χ1) is 10.6. The predicted molar refractivity (Wildman–Crippen MR) is 88.9 cm³/mol. The summed E-state index contributed by atoms with van der Waals surface area (Å²) in [6, 6.07) is 19.8. The van der Waals surface area contributed by atoms with Gasteiger partial charge < -0.3 is 10.1 Å². The van der Waals surface area contributed by atoms with Crippen molar-refractivity contribution in [2.24, 2.45) is 0 Å². The lowest BCUT2D eigenvalue weighted by Crippen LogP contribution is -2.41. The normalized spacial score (nSPS) is 13.2. The number of ether oxygens (including phenoxy) is 1. The highest BCUT2D eigenvalue weighted by Gasteiger charge is 2.16. The SMILES string of the molecule is C[C@H](CCc1ccccc1)NC(=O)[C@@H](C)Oc1ccccc1. The predicted octanol–water partition coefficient (Wildman–Crippen LogP) is 3.59. The van der Waals surface area contributed by atoms with Gasteiger partial charge in [0.25, 0.3) is 5.91 Å². The summed E-state index contributed by atoms with van der Waals surface area (Å²) < 4.78 is 5.63. The number of benzene rings is 2. The maximum absolute atomic E-state index is 12.1. The standard InChI is InChI=1S/C19H23NO2/c1-15(13-14-17-9-5-3-6-10-17)20-19(21)16(2)22-18-11-7-4-8-12-18/h3-12,15-16H,13-14H2,1-2H3,(H,20,21)/t15-,16-/m1/s1. The monoisotopic (exact) mass is 297 g/mol. The van der Waals surface area contributed by atoms with Crippen LogP contribution < -0.4 is 10.1 Å². The Kier molecular flexibility index (Phi) is 6.01. The first kappa shape index (κ1) is 16.1. The molecule has 2 rings (SSSR count). The van der Waals surface area contributed by atoms with Crippen molar-refractivity contribution in [2.75, 3.05) is 0 Å². The van der Waals surface area contributed by atoms with Crippen LogP contribution >= 0.6 is 0 Å². The third-order valence-electron chi connectivity index (χ3n) is 3.52. The second kappa shape index (κ2) is 8.23. The molecule has 0 spiro atoms. The van der Waals surface area contributed by atoms with Crippen molar-refractivity contribution in [2.45, 2.75) is 38.8 Å². The van der Waals surface area contributed by atoms with E-state index in [1.807, 2.05) is 55.5 Å². The summed E-state index contributed by atoms with van der Waals surface area (Å²) in [5.74, 6) is 0.631. The quantitative estimate of drug-likeness (QED) is 0.848. The van der Waals surface area contributed by atoms with Gasteiger partial charge in [-0.25, -0.2) is 0 Å². The van der Waals surface area contributed by atoms with E-state index in [-0.39, 0.29) is 11.9 Å². The summed E-state index contributed by atoms with van der Waals surface area (Å²) in [4.78, 5) is 12.1. The number of nitrogens with one attached hydrogen (secondary N) is 1. The van der Waals surface area contributed by atoms with Crippen LogP contribution in [0.2, 0.25) is 0 Å². The molecule has 0 saturated heterocycles. The highest BCUT2D eigenvalue weighted by molar-refractivity contribution is 5.80. The summed E-state index contributed by atoms with van der Waals surface area (Å²) in [7, 11) is 0. The van der Waals surface area contributed by atoms with E-state index in [2.05, 4.69) is 17.4 Å². The highest BCUT2D eigenvalue weighted by Crippen LogP contribution is 2.11. The van der Waals surface area contributed by atoms with Gasteiger partial charge in [0.1, 0.15) is 5.75 Å². The van der Waals surface area contributed by atoms with Crippen LogP contribution in [0.4, 0.5) is 0 Å². The minimum absolute atomic E-state index is 0.0792. The number of aryl methyl sites for hydroxylation is 1. The van der Waals surface area contributed by atoms with Gasteiger partial charge in [-0.05, 0) is 44.4 Å². The third kappa shape index (κ3) is 5.24. The van der Waals surface area contributed by atoms with Crippen LogP contribution in [-0.4, -0.2) is 18.1 Å². The molecule has 2 aromatic carbocycles. The summed E-state index contributed by atoms with van der Waals surface area (Å²) in [5.41, 5.74) is 1.29. The van der Waals surface area contributed by atoms with Gasteiger partial charge in [0.05, 0.1) is 0 Å². The number of carbonyl (C=O) groups excluding carboxylic acids is 1. The number of hydrogen-bond acceptors (Lipinski definition) is 2. The Morgan fingerprint density at radius 3 is 2.23 bits per heavy atom. The average Bonchev–Trinajstić information content (AvgIpc) is 2.55. The molecule has 116 valence electrons. The molecule has 0 aromatic heterocycles. The van der Waals surface area contributed by atoms with Crippen molar-refractivity contribution in [3.8, 4) is 5.75 Å². The zero-order valence-corrected chi connectivity index (χ0v) is 13.2. The van der Waals surface area contributed by atoms with Gasteiger partial charge in [-0.3, -0.25) is 4.79 Å². The van der Waals surface area contributed by atoms with Gasteiger partial charge in [0.15, 0.2) is 6.10 Å². The molecule has 0 saturated carbocycles. The molecule has 3 nitrogen and oxygen atoms in total. The van der Waals surface area contributed by atoms with Gasteiger partial charge in [-0.2, -0.15) is 0 Å². The van der Waals surface area contributed by atoms with Crippen molar-refractivity contribution >= 4 is 5.91 Å². The molecule has 0 aliphatic heterocycles. The molecular formula is C19H23NO2. The van der Waals surface area contributed by atoms with E-state index in [9.17, 15) is 4.79 Å². The van der Waals surface area contributed by atoms with Crippen LogP contribution in [0.5, 0.6) is 5.75 Å². The van der Waals surface area contributed by atoms with Crippen LogP contribution in [0.25, 0.3) is 0 Å². The summed E-state index contributed by atoms with van der Waals surface area (Å²) in [6.07, 6.45) is 1.37. The second-order valence-electron chi connectivity index (χ2n) is 5.51. The lowest BCUT2D eigenvalue weighted by atomic mass is 10.1. The maximum atomic E-state index is 12.1. The largest absolute Gasteiger partial charge is 0.481 e. The average molecular weight is 297 g/mol. The van der Waals surface area contributed by atoms with Crippen molar-refractivity contribution < 1.29 is 9.53 Å². The van der Waals surface area contributed by atoms with E-state index in [0.29, 0.717) is 5.75 Å². The molecule has 0 heterocycles. The lowest BCUT2D eigenvalue weighted by Gasteiger charge is -2.18. The molecule has 0 aliphatic carbocycles. The van der Waals surface area contributed by atoms with Crippen LogP contribution in [0.1, 0.15) is 25.8 Å². The Labute approximate surface area is 132 Å². The fourth-order valence-corrected chi connectivity index (χ4v) is 2.22. The minimum atomic E-state index is -0.499. The third-order valence-corrected chi connectivity index (χ3v) is 3.52. The molecule has 22 heavy (non-hydrogen) atoms. The number of amides is 1. The first-order valence-corrected chi connectivity index (χ1v) is 7.71. The smallest absolute Gasteiger partial charge is 0.260 e. The van der Waals surface area contributed by atoms with Crippen molar-refractivity contribution in [3.05, 3.63) is 66.2 Å². The fourth-order valence-electron chi connectivity index (χ4n) is 2.22. The van der Waals surface area contributed by atoms with Gasteiger partial charge >= 0.3 is 0 Å². The van der Waals surface area contributed by atoms with E-state index in [1.54, 1.807) is 6.92 Å². The molecule has 0 unspecified atom stereocenters. The number of carbonyl (C=O) groups is 1. The zero-order valence-electron chi connectivity index (χ0n) is 13.2. The first-order valence-electron chi connectivity index (χ1n) is 7.71. The van der Waals surface area contributed by atoms with Crippen LogP contribution in [-0.2, 0) is 11.2 Å². The molecule has 2 aromatic rings. The molecule has 1 N–H and O–H groups in total. The topological polar surface area (TPSA) is 38.3 Å². The van der Waals surface area contributed by atoms with Crippen LogP contribution in [0, 0.1) is 0 Å². The Balaban J connectivity index is 1.75. The van der Waals surface area contributed by atoms with E-state index in [4.69, 9.17) is 4.74 Å². The summed E-state index contributed by atoms with van der Waals surface area (Å²) >= 11 is 0. The minimum Gasteiger partial charge on any atom is -0.481 e. The molecule has 0 bridgehead atoms. The van der Waals surface area contributed by atoms with Gasteiger partial charge in [0, 0.05) is 6.04 Å². The van der Waals surface area contributed by atoms with Crippen LogP contribution in [0.3, 0.4) is 0 Å². The molecular weight excluding hydrogens is 274 g/mol. The molecule has 3 heteroatoms. The van der Waals surface area contributed by atoms with Crippen molar-refractivity contribution in [3.63, 3.8) is 0 Å². The molecule has 1 amide bonds. The summed E-state index contributed by atoms with van der Waals surface area (Å²) in [5, 5.41) is 3.01. The Morgan fingerprint density at radius 2 is 1.59 bits per heavy atom. The number of hydrogen-bond donors (Lipinski definition) is 1. The maximum Gasteiger partial charge on any atom is 0.260 e. The van der Waals surface area contributed by atoms with Gasteiger partial charge in [-0.1, -0.05) is 48.5 Å². The van der Waals surface area contributed by atoms with E-state index in [1.165, 1.54) is 5.56 Å². The van der Waals surface area contributed by atoms with E-state index >= 15 is 0 Å². The fraction of sp³-hybridized carbons (Fsp3) is 0.316. The number of rotatable bonds is 7. The van der Waals surface area contributed by atoms with Crippen LogP contribution in [0.15, 0.2) is 60.7 Å². The van der Waals surface area contributed by atoms with Crippen molar-refractivity contribution in [1.29, 1.82) is 0 Å². The van der Waals surface area contributed by atoms with Gasteiger partial charge in [0.2, 0.25) is 0 Å². The number of para-hydroxylation sites is 1. The Bertz CT molecular complexity index is 569. The molecule has 0 fully saturated rings. The van der Waals surface area contributed by atoms with Gasteiger partial charge in [-0.15, -0.1) is 0 Å². The lowest BCUT2D eigenvalue weighted by molar-refractivity contribution is -0.127. The second-order valence-corrected chi connectivity index (χ2v) is 5.51. The molecule has 0 radical (unpaired) electrons. The van der Waals surface area contributed by atoms with Crippen molar-refractivity contribution in [1.82, 2.24) is 5.32 Å². The van der Waals surface area contributed by atoms with E-state index < -0.39 is 6.10 Å². The highest BCUT2D eigenvalue weighted by atomic mass is 16.5. The molecule has 2 atom stereocenters. The van der Waals surface area contributed by atoms with E-state index in [0.717, 1.165) is 12.8 Å². The Hall–Kier alpha value is -2.29.